The average Bonchev–Trinajstić information content (AvgIpc) is 2.38. The molecule has 0 aromatic heterocycles. The Bertz CT molecular complexity index is 574. The van der Waals surface area contributed by atoms with Crippen LogP contribution in [0, 0.1) is 0 Å². The lowest BCUT2D eigenvalue weighted by Crippen LogP contribution is -2.03. The highest BCUT2D eigenvalue weighted by Crippen LogP contribution is 2.35. The van der Waals surface area contributed by atoms with E-state index in [-0.39, 0.29) is 5.75 Å². The Morgan fingerprint density at radius 1 is 1.00 bits per heavy atom. The molecule has 0 amide bonds. The normalized spacial score (nSPS) is 11.4. The zero-order chi connectivity index (χ0) is 14.0. The monoisotopic (exact) mass is 268 g/mol. The molecule has 0 unspecified atom stereocenters. The molecule has 2 rings (SSSR count). The van der Waals surface area contributed by atoms with Crippen LogP contribution in [0.1, 0.15) is 5.56 Å². The molecular formula is C14H11F3O2. The lowest BCUT2D eigenvalue weighted by atomic mass is 10.0. The maximum Gasteiger partial charge on any atom is 0.416 e. The van der Waals surface area contributed by atoms with Crippen LogP contribution < -0.4 is 4.74 Å². The molecule has 0 saturated heterocycles. The van der Waals surface area contributed by atoms with Gasteiger partial charge in [0.1, 0.15) is 11.5 Å². The van der Waals surface area contributed by atoms with E-state index in [0.717, 1.165) is 12.1 Å². The highest BCUT2D eigenvalue weighted by molar-refractivity contribution is 5.71. The van der Waals surface area contributed by atoms with Crippen molar-refractivity contribution in [1.29, 1.82) is 0 Å². The van der Waals surface area contributed by atoms with Crippen molar-refractivity contribution in [3.05, 3.63) is 48.0 Å². The van der Waals surface area contributed by atoms with Gasteiger partial charge >= 0.3 is 6.18 Å². The Balaban J connectivity index is 2.42. The minimum atomic E-state index is -4.37. The average molecular weight is 268 g/mol. The van der Waals surface area contributed by atoms with Gasteiger partial charge in [-0.05, 0) is 35.9 Å². The highest BCUT2D eigenvalue weighted by Gasteiger charge is 2.30. The van der Waals surface area contributed by atoms with Gasteiger partial charge in [-0.3, -0.25) is 0 Å². The highest BCUT2D eigenvalue weighted by atomic mass is 19.4. The number of phenolic OH excluding ortho intramolecular Hbond substituents is 1. The van der Waals surface area contributed by atoms with Crippen molar-refractivity contribution in [3.8, 4) is 22.6 Å². The summed E-state index contributed by atoms with van der Waals surface area (Å²) in [5.41, 5.74) is 0.191. The van der Waals surface area contributed by atoms with Crippen molar-refractivity contribution in [3.63, 3.8) is 0 Å². The summed E-state index contributed by atoms with van der Waals surface area (Å²) in [6, 6.07) is 9.17. The summed E-state index contributed by atoms with van der Waals surface area (Å²) in [4.78, 5) is 0. The Kier molecular flexibility index (Phi) is 3.38. The first-order valence-corrected chi connectivity index (χ1v) is 5.46. The van der Waals surface area contributed by atoms with Gasteiger partial charge in [0.15, 0.2) is 0 Å². The summed E-state index contributed by atoms with van der Waals surface area (Å²) < 4.78 is 42.4. The van der Waals surface area contributed by atoms with Crippen LogP contribution in [-0.4, -0.2) is 12.2 Å². The number of phenols is 1. The topological polar surface area (TPSA) is 29.5 Å². The Morgan fingerprint density at radius 2 is 1.63 bits per heavy atom. The molecule has 100 valence electrons. The summed E-state index contributed by atoms with van der Waals surface area (Å²) >= 11 is 0. The second-order valence-electron chi connectivity index (χ2n) is 3.96. The van der Waals surface area contributed by atoms with Crippen molar-refractivity contribution < 1.29 is 23.0 Å². The fraction of sp³-hybridized carbons (Fsp3) is 0.143. The molecule has 0 aliphatic rings. The fourth-order valence-corrected chi connectivity index (χ4v) is 1.71. The predicted molar refractivity (Wildman–Crippen MR) is 65.1 cm³/mol. The molecule has 0 spiro atoms. The van der Waals surface area contributed by atoms with E-state index in [9.17, 15) is 18.3 Å². The molecule has 0 heterocycles. The summed E-state index contributed by atoms with van der Waals surface area (Å²) in [5, 5.41) is 9.74. The first-order chi connectivity index (χ1) is 8.91. The third-order valence-electron chi connectivity index (χ3n) is 2.73. The summed E-state index contributed by atoms with van der Waals surface area (Å²) in [6.07, 6.45) is -4.37. The van der Waals surface area contributed by atoms with Gasteiger partial charge in [0.2, 0.25) is 0 Å². The van der Waals surface area contributed by atoms with E-state index in [1.54, 1.807) is 12.1 Å². The van der Waals surface area contributed by atoms with Gasteiger partial charge in [-0.15, -0.1) is 0 Å². The number of hydrogen-bond acceptors (Lipinski definition) is 2. The number of methoxy groups -OCH3 is 1. The fourth-order valence-electron chi connectivity index (χ4n) is 1.71. The van der Waals surface area contributed by atoms with Crippen LogP contribution in [0.15, 0.2) is 42.5 Å². The number of aromatic hydroxyl groups is 1. The molecular weight excluding hydrogens is 257 g/mol. The van der Waals surface area contributed by atoms with Crippen molar-refractivity contribution in [2.75, 3.05) is 7.11 Å². The number of rotatable bonds is 2. The third-order valence-corrected chi connectivity index (χ3v) is 2.73. The summed E-state index contributed by atoms with van der Waals surface area (Å²) in [6.45, 7) is 0. The molecule has 0 radical (unpaired) electrons. The van der Waals surface area contributed by atoms with Crippen LogP contribution in [0.3, 0.4) is 0 Å². The van der Waals surface area contributed by atoms with Gasteiger partial charge in [0, 0.05) is 5.56 Å². The molecule has 0 aliphatic heterocycles. The molecule has 0 bridgehead atoms. The molecule has 0 aliphatic carbocycles. The van der Waals surface area contributed by atoms with E-state index in [1.165, 1.54) is 25.3 Å². The van der Waals surface area contributed by atoms with Crippen LogP contribution in [0.25, 0.3) is 11.1 Å². The zero-order valence-corrected chi connectivity index (χ0v) is 10.0. The number of halogens is 3. The predicted octanol–water partition coefficient (Wildman–Crippen LogP) is 4.09. The zero-order valence-electron chi connectivity index (χ0n) is 10.0. The first kappa shape index (κ1) is 13.3. The smallest absolute Gasteiger partial charge is 0.416 e. The third kappa shape index (κ3) is 2.81. The lowest BCUT2D eigenvalue weighted by molar-refractivity contribution is -0.137. The summed E-state index contributed by atoms with van der Waals surface area (Å²) in [7, 11) is 1.48. The molecule has 2 nitrogen and oxygen atoms in total. The van der Waals surface area contributed by atoms with Crippen molar-refractivity contribution in [2.45, 2.75) is 6.18 Å². The number of ether oxygens (including phenoxy) is 1. The maximum absolute atomic E-state index is 12.5. The van der Waals surface area contributed by atoms with Gasteiger partial charge in [0.05, 0.1) is 12.7 Å². The van der Waals surface area contributed by atoms with E-state index < -0.39 is 11.7 Å². The quantitative estimate of drug-likeness (QED) is 0.889. The second-order valence-corrected chi connectivity index (χ2v) is 3.96. The van der Waals surface area contributed by atoms with Crippen LogP contribution in [0.2, 0.25) is 0 Å². The number of alkyl halides is 3. The van der Waals surface area contributed by atoms with Gasteiger partial charge < -0.3 is 9.84 Å². The van der Waals surface area contributed by atoms with E-state index in [2.05, 4.69) is 0 Å². The van der Waals surface area contributed by atoms with Crippen molar-refractivity contribution in [2.24, 2.45) is 0 Å². The molecule has 2 aromatic rings. The number of benzene rings is 2. The van der Waals surface area contributed by atoms with Crippen molar-refractivity contribution in [1.82, 2.24) is 0 Å². The van der Waals surface area contributed by atoms with Crippen molar-refractivity contribution >= 4 is 0 Å². The van der Waals surface area contributed by atoms with Crippen LogP contribution in [-0.2, 0) is 6.18 Å². The van der Waals surface area contributed by atoms with Gasteiger partial charge in [-0.1, -0.05) is 12.1 Å². The van der Waals surface area contributed by atoms with Crippen LogP contribution >= 0.6 is 0 Å². The van der Waals surface area contributed by atoms with Gasteiger partial charge in [-0.25, -0.2) is 0 Å². The Morgan fingerprint density at radius 3 is 2.16 bits per heavy atom. The molecule has 1 N–H and O–H groups in total. The summed E-state index contributed by atoms with van der Waals surface area (Å²) in [5.74, 6) is 0.508. The minimum Gasteiger partial charge on any atom is -0.507 e. The van der Waals surface area contributed by atoms with E-state index in [4.69, 9.17) is 4.74 Å². The van der Waals surface area contributed by atoms with E-state index >= 15 is 0 Å². The first-order valence-electron chi connectivity index (χ1n) is 5.46. The molecule has 0 fully saturated rings. The van der Waals surface area contributed by atoms with E-state index in [1.807, 2.05) is 0 Å². The van der Waals surface area contributed by atoms with Crippen LogP contribution in [0.5, 0.6) is 11.5 Å². The lowest BCUT2D eigenvalue weighted by Gasteiger charge is -2.10. The molecule has 5 heteroatoms. The van der Waals surface area contributed by atoms with E-state index in [0.29, 0.717) is 16.9 Å². The van der Waals surface area contributed by atoms with Crippen LogP contribution in [0.4, 0.5) is 13.2 Å². The Hall–Kier alpha value is -2.17. The molecule has 0 atom stereocenters. The molecule has 2 aromatic carbocycles. The van der Waals surface area contributed by atoms with Gasteiger partial charge in [0.25, 0.3) is 0 Å². The molecule has 0 saturated carbocycles. The SMILES string of the molecule is COc1ccc(O)c(-c2ccc(C(F)(F)F)cc2)c1. The second kappa shape index (κ2) is 4.84. The van der Waals surface area contributed by atoms with Gasteiger partial charge in [-0.2, -0.15) is 13.2 Å². The standard InChI is InChI=1S/C14H11F3O2/c1-19-11-6-7-13(18)12(8-11)9-2-4-10(5-3-9)14(15,16)17/h2-8,18H,1H3. The minimum absolute atomic E-state index is 0.0134. The number of hydrogen-bond donors (Lipinski definition) is 1. The molecule has 19 heavy (non-hydrogen) atoms. The maximum atomic E-state index is 12.5. The largest absolute Gasteiger partial charge is 0.507 e. The Labute approximate surface area is 108 Å².